The van der Waals surface area contributed by atoms with Crippen molar-refractivity contribution in [1.82, 2.24) is 15.0 Å². The summed E-state index contributed by atoms with van der Waals surface area (Å²) in [5, 5.41) is 17.0. The summed E-state index contributed by atoms with van der Waals surface area (Å²) < 4.78 is 1.79. The molecule has 1 aromatic carbocycles. The van der Waals surface area contributed by atoms with Crippen LogP contribution in [0.5, 0.6) is 0 Å². The molecule has 2 aromatic rings. The average molecular weight is 210 g/mol. The van der Waals surface area contributed by atoms with Gasteiger partial charge in [-0.05, 0) is 25.0 Å². The molecule has 4 heteroatoms. The van der Waals surface area contributed by atoms with Crippen LogP contribution in [0.15, 0.2) is 30.3 Å². The molecule has 0 radical (unpaired) electrons. The van der Waals surface area contributed by atoms with E-state index < -0.39 is 0 Å². The zero-order valence-corrected chi connectivity index (χ0v) is 8.67. The molecule has 1 saturated carbocycles. The standard InChI is InChI=1S/C12H10N4/c13-8-11-12(9-6-7-9)16(15-14-11)10-4-2-1-3-5-10/h1-5,9H,6-7H2. The molecular formula is C12H10N4. The first-order chi connectivity index (χ1) is 7.90. The van der Waals surface area contributed by atoms with E-state index in [0.717, 1.165) is 24.2 Å². The Labute approximate surface area is 93.1 Å². The number of aromatic nitrogens is 3. The fraction of sp³-hybridized carbons (Fsp3) is 0.250. The molecular weight excluding hydrogens is 200 g/mol. The van der Waals surface area contributed by atoms with E-state index in [-0.39, 0.29) is 0 Å². The Morgan fingerprint density at radius 2 is 2.00 bits per heavy atom. The van der Waals surface area contributed by atoms with Gasteiger partial charge in [0.1, 0.15) is 6.07 Å². The molecule has 0 spiro atoms. The van der Waals surface area contributed by atoms with E-state index in [1.165, 1.54) is 0 Å². The lowest BCUT2D eigenvalue weighted by atomic mass is 10.2. The molecule has 4 nitrogen and oxygen atoms in total. The van der Waals surface area contributed by atoms with Gasteiger partial charge in [0.2, 0.25) is 0 Å². The molecule has 1 aromatic heterocycles. The summed E-state index contributed by atoms with van der Waals surface area (Å²) in [6, 6.07) is 11.9. The van der Waals surface area contributed by atoms with Gasteiger partial charge < -0.3 is 0 Å². The molecule has 0 bridgehead atoms. The lowest BCUT2D eigenvalue weighted by Gasteiger charge is -2.04. The predicted molar refractivity (Wildman–Crippen MR) is 58.0 cm³/mol. The van der Waals surface area contributed by atoms with Crippen LogP contribution in [-0.2, 0) is 0 Å². The third-order valence-electron chi connectivity index (χ3n) is 2.78. The van der Waals surface area contributed by atoms with E-state index in [4.69, 9.17) is 5.26 Å². The minimum Gasteiger partial charge on any atom is -0.216 e. The summed E-state index contributed by atoms with van der Waals surface area (Å²) in [7, 11) is 0. The second-order valence-corrected chi connectivity index (χ2v) is 3.96. The van der Waals surface area contributed by atoms with Crippen LogP contribution in [-0.4, -0.2) is 15.0 Å². The van der Waals surface area contributed by atoms with Crippen LogP contribution in [0.1, 0.15) is 30.1 Å². The van der Waals surface area contributed by atoms with Crippen molar-refractivity contribution >= 4 is 0 Å². The lowest BCUT2D eigenvalue weighted by Crippen LogP contribution is -2.01. The first kappa shape index (κ1) is 9.10. The van der Waals surface area contributed by atoms with Crippen LogP contribution >= 0.6 is 0 Å². The Morgan fingerprint density at radius 1 is 1.25 bits per heavy atom. The van der Waals surface area contributed by atoms with Crippen molar-refractivity contribution in [3.8, 4) is 11.8 Å². The van der Waals surface area contributed by atoms with Crippen LogP contribution in [0.4, 0.5) is 0 Å². The van der Waals surface area contributed by atoms with E-state index in [1.807, 2.05) is 30.3 Å². The van der Waals surface area contributed by atoms with Crippen LogP contribution in [0.2, 0.25) is 0 Å². The second-order valence-electron chi connectivity index (χ2n) is 3.96. The molecule has 78 valence electrons. The molecule has 3 rings (SSSR count). The van der Waals surface area contributed by atoms with Gasteiger partial charge in [-0.1, -0.05) is 23.4 Å². The Kier molecular flexibility index (Phi) is 1.97. The van der Waals surface area contributed by atoms with E-state index in [9.17, 15) is 0 Å². The number of nitrogens with zero attached hydrogens (tertiary/aromatic N) is 4. The molecule has 0 unspecified atom stereocenters. The predicted octanol–water partition coefficient (Wildman–Crippen LogP) is 2.02. The summed E-state index contributed by atoms with van der Waals surface area (Å²) in [6.07, 6.45) is 2.27. The van der Waals surface area contributed by atoms with Crippen LogP contribution in [0.3, 0.4) is 0 Å². The van der Waals surface area contributed by atoms with Gasteiger partial charge in [0.25, 0.3) is 0 Å². The molecule has 0 N–H and O–H groups in total. The van der Waals surface area contributed by atoms with Gasteiger partial charge in [-0.25, -0.2) is 4.68 Å². The number of benzene rings is 1. The Bertz CT molecular complexity index is 546. The fourth-order valence-electron chi connectivity index (χ4n) is 1.85. The molecule has 1 aliphatic rings. The van der Waals surface area contributed by atoms with Gasteiger partial charge in [0, 0.05) is 5.92 Å². The number of nitriles is 1. The number of hydrogen-bond acceptors (Lipinski definition) is 3. The quantitative estimate of drug-likeness (QED) is 0.761. The van der Waals surface area contributed by atoms with Gasteiger partial charge in [0.05, 0.1) is 11.4 Å². The summed E-state index contributed by atoms with van der Waals surface area (Å²) in [4.78, 5) is 0. The minimum atomic E-state index is 0.463. The van der Waals surface area contributed by atoms with Crippen molar-refractivity contribution in [2.45, 2.75) is 18.8 Å². The minimum absolute atomic E-state index is 0.463. The molecule has 16 heavy (non-hydrogen) atoms. The first-order valence-electron chi connectivity index (χ1n) is 5.31. The van der Waals surface area contributed by atoms with Crippen molar-refractivity contribution in [2.24, 2.45) is 0 Å². The highest BCUT2D eigenvalue weighted by Gasteiger charge is 2.31. The van der Waals surface area contributed by atoms with Gasteiger partial charge in [-0.15, -0.1) is 5.10 Å². The smallest absolute Gasteiger partial charge is 0.186 e. The second kappa shape index (κ2) is 3.46. The van der Waals surface area contributed by atoms with Crippen molar-refractivity contribution in [3.05, 3.63) is 41.7 Å². The third-order valence-corrected chi connectivity index (χ3v) is 2.78. The third kappa shape index (κ3) is 1.38. The van der Waals surface area contributed by atoms with Crippen molar-refractivity contribution in [3.63, 3.8) is 0 Å². The van der Waals surface area contributed by atoms with Gasteiger partial charge in [0.15, 0.2) is 5.69 Å². The highest BCUT2D eigenvalue weighted by Crippen LogP contribution is 2.41. The SMILES string of the molecule is N#Cc1nnn(-c2ccccc2)c1C1CC1. The monoisotopic (exact) mass is 210 g/mol. The van der Waals surface area contributed by atoms with E-state index in [1.54, 1.807) is 4.68 Å². The Balaban J connectivity index is 2.15. The summed E-state index contributed by atoms with van der Waals surface area (Å²) in [5.74, 6) is 0.463. The van der Waals surface area contributed by atoms with Crippen LogP contribution < -0.4 is 0 Å². The molecule has 0 aliphatic heterocycles. The normalized spacial score (nSPS) is 14.7. The fourth-order valence-corrected chi connectivity index (χ4v) is 1.85. The molecule has 0 amide bonds. The maximum Gasteiger partial charge on any atom is 0.186 e. The van der Waals surface area contributed by atoms with Gasteiger partial charge in [-0.3, -0.25) is 0 Å². The van der Waals surface area contributed by atoms with Crippen molar-refractivity contribution < 1.29 is 0 Å². The highest BCUT2D eigenvalue weighted by molar-refractivity contribution is 5.39. The molecule has 1 fully saturated rings. The number of hydrogen-bond donors (Lipinski definition) is 0. The van der Waals surface area contributed by atoms with E-state index in [0.29, 0.717) is 11.6 Å². The number of para-hydroxylation sites is 1. The lowest BCUT2D eigenvalue weighted by molar-refractivity contribution is 0.763. The summed E-state index contributed by atoms with van der Waals surface area (Å²) in [5.41, 5.74) is 2.40. The Morgan fingerprint density at radius 3 is 2.62 bits per heavy atom. The van der Waals surface area contributed by atoms with Gasteiger partial charge in [-0.2, -0.15) is 5.26 Å². The number of rotatable bonds is 2. The average Bonchev–Trinajstić information content (AvgIpc) is 3.09. The summed E-state index contributed by atoms with van der Waals surface area (Å²) in [6.45, 7) is 0. The summed E-state index contributed by atoms with van der Waals surface area (Å²) >= 11 is 0. The zero-order chi connectivity index (χ0) is 11.0. The van der Waals surface area contributed by atoms with Crippen LogP contribution in [0.25, 0.3) is 5.69 Å². The van der Waals surface area contributed by atoms with Crippen LogP contribution in [0, 0.1) is 11.3 Å². The van der Waals surface area contributed by atoms with E-state index in [2.05, 4.69) is 16.4 Å². The molecule has 1 aliphatic carbocycles. The zero-order valence-electron chi connectivity index (χ0n) is 8.67. The largest absolute Gasteiger partial charge is 0.216 e. The topological polar surface area (TPSA) is 54.5 Å². The Hall–Kier alpha value is -2.15. The van der Waals surface area contributed by atoms with Gasteiger partial charge >= 0.3 is 0 Å². The van der Waals surface area contributed by atoms with Crippen molar-refractivity contribution in [2.75, 3.05) is 0 Å². The first-order valence-corrected chi connectivity index (χ1v) is 5.31. The maximum atomic E-state index is 8.99. The van der Waals surface area contributed by atoms with Crippen molar-refractivity contribution in [1.29, 1.82) is 5.26 Å². The maximum absolute atomic E-state index is 8.99. The molecule has 1 heterocycles. The molecule has 0 atom stereocenters. The van der Waals surface area contributed by atoms with E-state index >= 15 is 0 Å². The molecule has 0 saturated heterocycles. The highest BCUT2D eigenvalue weighted by atomic mass is 15.4.